The van der Waals surface area contributed by atoms with Crippen molar-refractivity contribution >= 4 is 126 Å². The molecule has 5 heteroatoms. The van der Waals surface area contributed by atoms with E-state index in [1.165, 1.54) is 97.4 Å². The smallest absolute Gasteiger partial charge is 0.142 e. The number of thiophene rings is 4. The van der Waals surface area contributed by atoms with Gasteiger partial charge in [0.15, 0.2) is 0 Å². The van der Waals surface area contributed by atoms with Gasteiger partial charge in [-0.15, -0.1) is 45.3 Å². The Morgan fingerprint density at radius 1 is 0.315 bits per heavy atom. The van der Waals surface area contributed by atoms with E-state index in [1.807, 2.05) is 45.3 Å². The summed E-state index contributed by atoms with van der Waals surface area (Å²) >= 11 is 7.38. The normalized spacial score (nSPS) is 15.6. The van der Waals surface area contributed by atoms with Crippen molar-refractivity contribution in [3.8, 4) is 22.3 Å². The van der Waals surface area contributed by atoms with Gasteiger partial charge in [0.05, 0.1) is 0 Å². The summed E-state index contributed by atoms with van der Waals surface area (Å²) < 4.78 is 10.0. The molecular formula is C49H26OS4. The highest BCUT2D eigenvalue weighted by molar-refractivity contribution is 7.27. The molecule has 0 saturated heterocycles. The molecule has 252 valence electrons. The first kappa shape index (κ1) is 30.0. The minimum atomic E-state index is -1.42. The second-order valence-corrected chi connectivity index (χ2v) is 18.6. The molecule has 54 heavy (non-hydrogen) atoms. The minimum Gasteiger partial charge on any atom is -0.376 e. The summed E-state index contributed by atoms with van der Waals surface area (Å²) in [6, 6.07) is 55.2. The number of fused-ring (bicyclic) bond motifs is 17. The summed E-state index contributed by atoms with van der Waals surface area (Å²) in [5, 5.41) is 24.2. The van der Waals surface area contributed by atoms with E-state index in [1.54, 1.807) is 0 Å². The van der Waals surface area contributed by atoms with Crippen LogP contribution in [-0.2, 0) is 5.60 Å². The van der Waals surface area contributed by atoms with Gasteiger partial charge in [-0.3, -0.25) is 0 Å². The van der Waals surface area contributed by atoms with Gasteiger partial charge in [0.25, 0.3) is 0 Å². The van der Waals surface area contributed by atoms with E-state index in [0.29, 0.717) is 0 Å². The molecule has 1 unspecified atom stereocenters. The van der Waals surface area contributed by atoms with Crippen LogP contribution < -0.4 is 0 Å². The van der Waals surface area contributed by atoms with Crippen molar-refractivity contribution in [3.05, 3.63) is 168 Å². The number of aliphatic hydroxyl groups is 1. The van der Waals surface area contributed by atoms with E-state index in [4.69, 9.17) is 0 Å². The molecule has 1 atom stereocenters. The lowest BCUT2D eigenvalue weighted by molar-refractivity contribution is 0.131. The van der Waals surface area contributed by atoms with Gasteiger partial charge >= 0.3 is 0 Å². The topological polar surface area (TPSA) is 20.2 Å². The summed E-state index contributed by atoms with van der Waals surface area (Å²) in [5.74, 6) is 0. The highest BCUT2D eigenvalue weighted by Gasteiger charge is 2.47. The molecule has 1 N–H and O–H groups in total. The standard InChI is InChI=1S/C49H26OS4/c50-49(33-22-20-28-26-10-1-5-15-36(26)53-47(28)43(33)32-14-9-19-40-42(32)30-12-3-7-17-38(30)51-40)34-24-25-41-44(31-13-4-8-18-39(31)52-41)45(34)46-35(49)23-21-29-27-11-2-6-16-37(27)54-48(29)46/h1-25,50H. The average molecular weight is 759 g/mol. The third-order valence-corrected chi connectivity index (χ3v) is 16.4. The van der Waals surface area contributed by atoms with Gasteiger partial charge in [-0.25, -0.2) is 0 Å². The molecule has 1 aliphatic carbocycles. The SMILES string of the molecule is OC1(c2ccc3c(sc4ccccc43)c2-c2cccc3sc4ccccc4c23)c2ccc3c(sc4ccccc43)c2-c2c1ccc1sc3ccccc3c21. The first-order valence-corrected chi connectivity index (χ1v) is 21.4. The van der Waals surface area contributed by atoms with Crippen molar-refractivity contribution in [1.29, 1.82) is 0 Å². The second kappa shape index (κ2) is 10.6. The van der Waals surface area contributed by atoms with E-state index in [2.05, 4.69) is 152 Å². The molecule has 0 radical (unpaired) electrons. The fourth-order valence-corrected chi connectivity index (χ4v) is 14.3. The summed E-state index contributed by atoms with van der Waals surface area (Å²) in [7, 11) is 0. The number of rotatable bonds is 2. The van der Waals surface area contributed by atoms with E-state index < -0.39 is 5.60 Å². The molecule has 1 aliphatic rings. The Bertz CT molecular complexity index is 3590. The molecule has 0 aliphatic heterocycles. The zero-order valence-electron chi connectivity index (χ0n) is 28.5. The van der Waals surface area contributed by atoms with Crippen molar-refractivity contribution in [1.82, 2.24) is 0 Å². The van der Waals surface area contributed by atoms with E-state index in [-0.39, 0.29) is 0 Å². The predicted molar refractivity (Wildman–Crippen MR) is 237 cm³/mol. The van der Waals surface area contributed by atoms with Crippen LogP contribution in [0.1, 0.15) is 16.7 Å². The van der Waals surface area contributed by atoms with Gasteiger partial charge in [-0.2, -0.15) is 0 Å². The molecule has 1 nitrogen and oxygen atoms in total. The van der Waals surface area contributed by atoms with Gasteiger partial charge < -0.3 is 5.11 Å². The Morgan fingerprint density at radius 3 is 1.39 bits per heavy atom. The summed E-state index contributed by atoms with van der Waals surface area (Å²) in [6.45, 7) is 0. The van der Waals surface area contributed by atoms with Crippen LogP contribution in [0.5, 0.6) is 0 Å². The lowest BCUT2D eigenvalue weighted by Crippen LogP contribution is -2.27. The maximum Gasteiger partial charge on any atom is 0.142 e. The molecule has 4 heterocycles. The fraction of sp³-hybridized carbons (Fsp3) is 0.0204. The number of hydrogen-bond acceptors (Lipinski definition) is 5. The van der Waals surface area contributed by atoms with Crippen LogP contribution in [0.4, 0.5) is 0 Å². The monoisotopic (exact) mass is 758 g/mol. The Kier molecular flexibility index (Phi) is 5.90. The highest BCUT2D eigenvalue weighted by atomic mass is 32.1. The van der Waals surface area contributed by atoms with Crippen LogP contribution in [0.25, 0.3) is 103 Å². The first-order chi connectivity index (χ1) is 26.7. The van der Waals surface area contributed by atoms with Crippen molar-refractivity contribution in [2.45, 2.75) is 5.60 Å². The van der Waals surface area contributed by atoms with E-state index in [9.17, 15) is 5.11 Å². The Labute approximate surface area is 325 Å². The fourth-order valence-electron chi connectivity index (χ4n) is 9.49. The maximum absolute atomic E-state index is 14.2. The zero-order chi connectivity index (χ0) is 35.3. The van der Waals surface area contributed by atoms with Crippen LogP contribution in [0.3, 0.4) is 0 Å². The second-order valence-electron chi connectivity index (χ2n) is 14.4. The van der Waals surface area contributed by atoms with E-state index >= 15 is 0 Å². The Hall–Kier alpha value is -5.40. The van der Waals surface area contributed by atoms with Gasteiger partial charge in [-0.1, -0.05) is 115 Å². The number of hydrogen-bond donors (Lipinski definition) is 1. The van der Waals surface area contributed by atoms with Gasteiger partial charge in [-0.05, 0) is 47.5 Å². The quantitative estimate of drug-likeness (QED) is 0.186. The van der Waals surface area contributed by atoms with Gasteiger partial charge in [0.1, 0.15) is 5.60 Å². The predicted octanol–water partition coefficient (Wildman–Crippen LogP) is 15.1. The molecule has 0 fully saturated rings. The van der Waals surface area contributed by atoms with Gasteiger partial charge in [0, 0.05) is 109 Å². The summed E-state index contributed by atoms with van der Waals surface area (Å²) in [6.07, 6.45) is 0. The Balaban J connectivity index is 1.24. The lowest BCUT2D eigenvalue weighted by Gasteiger charge is -2.30. The third kappa shape index (κ3) is 3.71. The molecule has 8 aromatic carbocycles. The highest BCUT2D eigenvalue weighted by Crippen LogP contribution is 2.61. The largest absolute Gasteiger partial charge is 0.376 e. The molecule has 0 amide bonds. The molecule has 0 bridgehead atoms. The molecule has 12 aromatic rings. The zero-order valence-corrected chi connectivity index (χ0v) is 31.8. The van der Waals surface area contributed by atoms with Crippen LogP contribution in [-0.4, -0.2) is 5.11 Å². The molecule has 4 aromatic heterocycles. The molecule has 13 rings (SSSR count). The van der Waals surface area contributed by atoms with Crippen molar-refractivity contribution < 1.29 is 5.11 Å². The maximum atomic E-state index is 14.2. The molecule has 0 saturated carbocycles. The van der Waals surface area contributed by atoms with Gasteiger partial charge in [0.2, 0.25) is 0 Å². The summed E-state index contributed by atoms with van der Waals surface area (Å²) in [4.78, 5) is 0. The van der Waals surface area contributed by atoms with Crippen molar-refractivity contribution in [3.63, 3.8) is 0 Å². The third-order valence-electron chi connectivity index (χ3n) is 11.7. The number of benzene rings is 8. The molecule has 0 spiro atoms. The van der Waals surface area contributed by atoms with Crippen LogP contribution in [0, 0.1) is 0 Å². The van der Waals surface area contributed by atoms with E-state index in [0.717, 1.165) is 22.3 Å². The van der Waals surface area contributed by atoms with Crippen LogP contribution in [0.15, 0.2) is 152 Å². The lowest BCUT2D eigenvalue weighted by atomic mass is 9.79. The summed E-state index contributed by atoms with van der Waals surface area (Å²) in [5.41, 5.74) is 6.07. The van der Waals surface area contributed by atoms with Crippen molar-refractivity contribution in [2.24, 2.45) is 0 Å². The van der Waals surface area contributed by atoms with Crippen molar-refractivity contribution in [2.75, 3.05) is 0 Å². The first-order valence-electron chi connectivity index (χ1n) is 18.1. The average Bonchev–Trinajstić information content (AvgIpc) is 4.02. The van der Waals surface area contributed by atoms with Crippen LogP contribution in [0.2, 0.25) is 0 Å². The minimum absolute atomic E-state index is 0.934. The van der Waals surface area contributed by atoms with Crippen LogP contribution >= 0.6 is 45.3 Å². The Morgan fingerprint density at radius 2 is 0.759 bits per heavy atom. The molecular weight excluding hydrogens is 733 g/mol.